The summed E-state index contributed by atoms with van der Waals surface area (Å²) in [6, 6.07) is 0. The highest BCUT2D eigenvalue weighted by Crippen LogP contribution is 2.33. The topological polar surface area (TPSA) is 52.6 Å². The van der Waals surface area contributed by atoms with Crippen molar-refractivity contribution in [2.75, 3.05) is 6.61 Å². The Morgan fingerprint density at radius 2 is 1.89 bits per heavy atom. The van der Waals surface area contributed by atoms with E-state index >= 15 is 0 Å². The normalized spacial score (nSPS) is 12.2. The van der Waals surface area contributed by atoms with Gasteiger partial charge < -0.3 is 9.47 Å². The predicted molar refractivity (Wildman–Crippen MR) is 70.6 cm³/mol. The minimum absolute atomic E-state index is 0.00121. The largest absolute Gasteiger partial charge is 0.462 e. The maximum absolute atomic E-state index is 11.7. The van der Waals surface area contributed by atoms with Crippen LogP contribution < -0.4 is 0 Å². The minimum atomic E-state index is -1.66. The molecule has 0 heterocycles. The SMILES string of the molecule is CCCCOC(=O)C(=COC(C)=O)CC(Cl)(Cl)Cl. The molecule has 18 heavy (non-hydrogen) atoms. The van der Waals surface area contributed by atoms with Crippen LogP contribution in [-0.2, 0) is 19.1 Å². The van der Waals surface area contributed by atoms with Gasteiger partial charge >= 0.3 is 11.9 Å². The Bertz CT molecular complexity index is 321. The van der Waals surface area contributed by atoms with Crippen molar-refractivity contribution in [3.63, 3.8) is 0 Å². The highest BCUT2D eigenvalue weighted by Gasteiger charge is 2.26. The Hall–Kier alpha value is -0.450. The van der Waals surface area contributed by atoms with Crippen LogP contribution in [0, 0.1) is 0 Å². The van der Waals surface area contributed by atoms with E-state index in [1.807, 2.05) is 6.92 Å². The van der Waals surface area contributed by atoms with Gasteiger partial charge in [-0.25, -0.2) is 4.79 Å². The number of carbonyl (C=O) groups excluding carboxylic acids is 2. The Kier molecular flexibility index (Phi) is 8.40. The molecular weight excluding hydrogens is 302 g/mol. The first-order chi connectivity index (χ1) is 8.26. The van der Waals surface area contributed by atoms with E-state index < -0.39 is 15.7 Å². The molecule has 0 unspecified atom stereocenters. The summed E-state index contributed by atoms with van der Waals surface area (Å²) in [6.07, 6.45) is 2.38. The first kappa shape index (κ1) is 17.6. The van der Waals surface area contributed by atoms with Crippen molar-refractivity contribution in [1.29, 1.82) is 0 Å². The second kappa shape index (κ2) is 8.62. The number of esters is 2. The number of halogens is 3. The predicted octanol–water partition coefficient (Wildman–Crippen LogP) is 3.54. The fourth-order valence-corrected chi connectivity index (χ4v) is 1.37. The third kappa shape index (κ3) is 9.57. The number of hydrogen-bond acceptors (Lipinski definition) is 4. The van der Waals surface area contributed by atoms with Crippen LogP contribution in [0.1, 0.15) is 33.1 Å². The maximum Gasteiger partial charge on any atom is 0.337 e. The second-order valence-electron chi connectivity index (χ2n) is 3.53. The van der Waals surface area contributed by atoms with Crippen LogP contribution >= 0.6 is 34.8 Å². The Morgan fingerprint density at radius 3 is 2.33 bits per heavy atom. The molecule has 0 amide bonds. The van der Waals surface area contributed by atoms with Gasteiger partial charge in [0.25, 0.3) is 0 Å². The standard InChI is InChI=1S/C11H15Cl3O4/c1-3-4-5-17-10(16)9(6-11(12,13)14)7-18-8(2)15/h7H,3-6H2,1-2H3. The van der Waals surface area contributed by atoms with Crippen LogP contribution in [0.2, 0.25) is 0 Å². The fraction of sp³-hybridized carbons (Fsp3) is 0.636. The lowest BCUT2D eigenvalue weighted by molar-refractivity contribution is -0.139. The Morgan fingerprint density at radius 1 is 1.28 bits per heavy atom. The van der Waals surface area contributed by atoms with Gasteiger partial charge in [-0.3, -0.25) is 4.79 Å². The molecule has 0 spiro atoms. The van der Waals surface area contributed by atoms with Crippen molar-refractivity contribution in [1.82, 2.24) is 0 Å². The molecule has 0 aliphatic rings. The zero-order valence-corrected chi connectivity index (χ0v) is 12.4. The number of alkyl halides is 3. The van der Waals surface area contributed by atoms with Crippen LogP contribution in [0.3, 0.4) is 0 Å². The lowest BCUT2D eigenvalue weighted by Gasteiger charge is -2.13. The molecule has 0 N–H and O–H groups in total. The van der Waals surface area contributed by atoms with Gasteiger partial charge in [-0.15, -0.1) is 0 Å². The molecule has 0 saturated heterocycles. The number of unbranched alkanes of at least 4 members (excludes halogenated alkanes) is 1. The van der Waals surface area contributed by atoms with Crippen molar-refractivity contribution >= 4 is 46.7 Å². The summed E-state index contributed by atoms with van der Waals surface area (Å²) in [7, 11) is 0. The van der Waals surface area contributed by atoms with E-state index in [1.165, 1.54) is 6.92 Å². The first-order valence-corrected chi connectivity index (χ1v) is 6.49. The Labute approximate surface area is 121 Å². The molecule has 0 radical (unpaired) electrons. The van der Waals surface area contributed by atoms with E-state index in [9.17, 15) is 9.59 Å². The molecule has 4 nitrogen and oxygen atoms in total. The van der Waals surface area contributed by atoms with Crippen LogP contribution in [-0.4, -0.2) is 22.3 Å². The van der Waals surface area contributed by atoms with Gasteiger partial charge in [0, 0.05) is 13.3 Å². The zero-order chi connectivity index (χ0) is 14.2. The van der Waals surface area contributed by atoms with Crippen LogP contribution in [0.15, 0.2) is 11.8 Å². The first-order valence-electron chi connectivity index (χ1n) is 5.36. The summed E-state index contributed by atoms with van der Waals surface area (Å²) in [4.78, 5) is 22.3. The summed E-state index contributed by atoms with van der Waals surface area (Å²) in [6.45, 7) is 3.43. The third-order valence-corrected chi connectivity index (χ3v) is 2.15. The van der Waals surface area contributed by atoms with Crippen LogP contribution in [0.5, 0.6) is 0 Å². The summed E-state index contributed by atoms with van der Waals surface area (Å²) in [5, 5.41) is 0. The molecule has 104 valence electrons. The molecule has 0 bridgehead atoms. The van der Waals surface area contributed by atoms with Crippen molar-refractivity contribution in [2.24, 2.45) is 0 Å². The lowest BCUT2D eigenvalue weighted by Crippen LogP contribution is -2.15. The van der Waals surface area contributed by atoms with Gasteiger partial charge in [-0.2, -0.15) is 0 Å². The monoisotopic (exact) mass is 316 g/mol. The quantitative estimate of drug-likeness (QED) is 0.247. The number of ether oxygens (including phenoxy) is 2. The Balaban J connectivity index is 4.59. The molecule has 0 aliphatic heterocycles. The van der Waals surface area contributed by atoms with Gasteiger partial charge in [0.15, 0.2) is 3.79 Å². The van der Waals surface area contributed by atoms with E-state index in [4.69, 9.17) is 39.5 Å². The molecule has 0 aliphatic carbocycles. The molecular formula is C11H15Cl3O4. The second-order valence-corrected chi connectivity index (χ2v) is 6.05. The van der Waals surface area contributed by atoms with E-state index in [0.29, 0.717) is 0 Å². The van der Waals surface area contributed by atoms with Gasteiger partial charge in [0.2, 0.25) is 0 Å². The van der Waals surface area contributed by atoms with Gasteiger partial charge in [-0.1, -0.05) is 48.1 Å². The molecule has 0 rings (SSSR count). The van der Waals surface area contributed by atoms with Crippen molar-refractivity contribution in [2.45, 2.75) is 36.9 Å². The number of rotatable bonds is 6. The molecule has 0 aromatic rings. The molecule has 7 heteroatoms. The van der Waals surface area contributed by atoms with Crippen molar-refractivity contribution in [3.8, 4) is 0 Å². The van der Waals surface area contributed by atoms with E-state index in [2.05, 4.69) is 4.74 Å². The molecule has 0 atom stereocenters. The van der Waals surface area contributed by atoms with E-state index in [0.717, 1.165) is 19.1 Å². The van der Waals surface area contributed by atoms with Crippen LogP contribution in [0.4, 0.5) is 0 Å². The lowest BCUT2D eigenvalue weighted by atomic mass is 10.2. The smallest absolute Gasteiger partial charge is 0.337 e. The van der Waals surface area contributed by atoms with Crippen molar-refractivity contribution in [3.05, 3.63) is 11.8 Å². The van der Waals surface area contributed by atoms with Gasteiger partial charge in [0.1, 0.15) is 6.26 Å². The minimum Gasteiger partial charge on any atom is -0.462 e. The zero-order valence-electron chi connectivity index (χ0n) is 10.2. The molecule has 0 aromatic carbocycles. The molecule has 0 saturated carbocycles. The summed E-state index contributed by atoms with van der Waals surface area (Å²) >= 11 is 16.8. The average molecular weight is 318 g/mol. The molecule has 0 fully saturated rings. The summed E-state index contributed by atoms with van der Waals surface area (Å²) in [5.74, 6) is -1.23. The highest BCUT2D eigenvalue weighted by molar-refractivity contribution is 6.67. The number of hydrogen-bond donors (Lipinski definition) is 0. The number of carbonyl (C=O) groups is 2. The van der Waals surface area contributed by atoms with Gasteiger partial charge in [0.05, 0.1) is 12.2 Å². The summed E-state index contributed by atoms with van der Waals surface area (Å²) in [5.41, 5.74) is 0.00121. The van der Waals surface area contributed by atoms with Gasteiger partial charge in [-0.05, 0) is 6.42 Å². The highest BCUT2D eigenvalue weighted by atomic mass is 35.6. The van der Waals surface area contributed by atoms with E-state index in [-0.39, 0.29) is 18.6 Å². The van der Waals surface area contributed by atoms with Crippen LogP contribution in [0.25, 0.3) is 0 Å². The van der Waals surface area contributed by atoms with E-state index in [1.54, 1.807) is 0 Å². The average Bonchev–Trinajstić information content (AvgIpc) is 2.22. The van der Waals surface area contributed by atoms with Crippen molar-refractivity contribution < 1.29 is 19.1 Å². The molecule has 0 aromatic heterocycles. The maximum atomic E-state index is 11.7. The summed E-state index contributed by atoms with van der Waals surface area (Å²) < 4.78 is 7.89. The fourth-order valence-electron chi connectivity index (χ4n) is 0.934. The third-order valence-electron chi connectivity index (χ3n) is 1.75.